The van der Waals surface area contributed by atoms with Crippen LogP contribution in [0.3, 0.4) is 0 Å². The number of hydrogen-bond donors (Lipinski definition) is 2. The molecule has 0 aliphatic heterocycles. The van der Waals surface area contributed by atoms with E-state index < -0.39 is 11.4 Å². The first kappa shape index (κ1) is 15.3. The highest BCUT2D eigenvalue weighted by atomic mass is 16.5. The minimum absolute atomic E-state index is 0.124. The van der Waals surface area contributed by atoms with Crippen molar-refractivity contribution in [3.8, 4) is 11.5 Å². The van der Waals surface area contributed by atoms with E-state index >= 15 is 0 Å². The number of nitrogens with two attached hydrogens (primary N) is 1. The van der Waals surface area contributed by atoms with Gasteiger partial charge in [0.15, 0.2) is 11.5 Å². The number of carbonyl (C=O) groups excluding carboxylic acids is 1. The predicted octanol–water partition coefficient (Wildman–Crippen LogP) is 1.32. The van der Waals surface area contributed by atoms with Crippen molar-refractivity contribution in [2.45, 2.75) is 32.4 Å². The fourth-order valence-corrected chi connectivity index (χ4v) is 1.78. The van der Waals surface area contributed by atoms with Gasteiger partial charge in [-0.25, -0.2) is 0 Å². The summed E-state index contributed by atoms with van der Waals surface area (Å²) in [7, 11) is 1.57. The molecule has 0 aromatic heterocycles. The summed E-state index contributed by atoms with van der Waals surface area (Å²) in [6.07, 6.45) is 0. The Morgan fingerprint density at radius 2 is 1.95 bits per heavy atom. The number of methoxy groups -OCH3 is 1. The van der Waals surface area contributed by atoms with Gasteiger partial charge in [0, 0.05) is 6.04 Å². The number of carbonyl (C=O) groups is 1. The summed E-state index contributed by atoms with van der Waals surface area (Å²) in [6.45, 7) is 5.76. The molecular weight excluding hydrogens is 244 g/mol. The number of para-hydroxylation sites is 2. The van der Waals surface area contributed by atoms with Gasteiger partial charge >= 0.3 is 0 Å². The summed E-state index contributed by atoms with van der Waals surface area (Å²) >= 11 is 0. The Balaban J connectivity index is 2.79. The second kappa shape index (κ2) is 6.43. The van der Waals surface area contributed by atoms with Crippen LogP contribution in [0.2, 0.25) is 0 Å². The molecule has 0 spiro atoms. The van der Waals surface area contributed by atoms with Gasteiger partial charge in [-0.15, -0.1) is 0 Å². The van der Waals surface area contributed by atoms with E-state index in [0.29, 0.717) is 11.5 Å². The summed E-state index contributed by atoms with van der Waals surface area (Å²) < 4.78 is 10.9. The van der Waals surface area contributed by atoms with Crippen molar-refractivity contribution in [1.29, 1.82) is 0 Å². The molecule has 0 bridgehead atoms. The van der Waals surface area contributed by atoms with Crippen LogP contribution in [0.1, 0.15) is 20.8 Å². The molecule has 1 amide bonds. The first-order valence-corrected chi connectivity index (χ1v) is 6.22. The van der Waals surface area contributed by atoms with Crippen LogP contribution in [0, 0.1) is 0 Å². The molecule has 0 aliphatic rings. The molecule has 0 saturated carbocycles. The molecule has 1 rings (SSSR count). The molecule has 5 heteroatoms. The molecule has 1 unspecified atom stereocenters. The first-order chi connectivity index (χ1) is 8.89. The van der Waals surface area contributed by atoms with Crippen LogP contribution >= 0.6 is 0 Å². The van der Waals surface area contributed by atoms with Gasteiger partial charge in [-0.05, 0) is 32.9 Å². The number of benzene rings is 1. The lowest BCUT2D eigenvalue weighted by molar-refractivity contribution is -0.125. The molecule has 0 aliphatic carbocycles. The van der Waals surface area contributed by atoms with Crippen molar-refractivity contribution < 1.29 is 14.3 Å². The maximum Gasteiger partial charge on any atom is 0.240 e. The maximum atomic E-state index is 11.6. The van der Waals surface area contributed by atoms with Gasteiger partial charge in [0.2, 0.25) is 5.91 Å². The average molecular weight is 266 g/mol. The predicted molar refractivity (Wildman–Crippen MR) is 74.4 cm³/mol. The maximum absolute atomic E-state index is 11.6. The number of amides is 1. The number of nitrogens with one attached hydrogen (secondary N) is 1. The van der Waals surface area contributed by atoms with Crippen molar-refractivity contribution in [2.75, 3.05) is 13.7 Å². The Morgan fingerprint density at radius 1 is 1.37 bits per heavy atom. The van der Waals surface area contributed by atoms with Crippen LogP contribution in [0.5, 0.6) is 11.5 Å². The van der Waals surface area contributed by atoms with Crippen molar-refractivity contribution in [3.63, 3.8) is 0 Å². The van der Waals surface area contributed by atoms with Crippen LogP contribution in [0.25, 0.3) is 0 Å². The summed E-state index contributed by atoms with van der Waals surface area (Å²) in [6, 6.07) is 7.40. The molecule has 0 heterocycles. The Labute approximate surface area is 114 Å². The topological polar surface area (TPSA) is 73.6 Å². The number of hydrogen-bond acceptors (Lipinski definition) is 4. The van der Waals surface area contributed by atoms with Crippen LogP contribution < -0.4 is 20.5 Å². The van der Waals surface area contributed by atoms with E-state index in [2.05, 4.69) is 5.32 Å². The summed E-state index contributed by atoms with van der Waals surface area (Å²) in [4.78, 5) is 11.6. The third-order valence-corrected chi connectivity index (χ3v) is 2.74. The normalized spacial score (nSPS) is 13.9. The van der Waals surface area contributed by atoms with Gasteiger partial charge in [-0.2, -0.15) is 0 Å². The van der Waals surface area contributed by atoms with E-state index in [4.69, 9.17) is 15.2 Å². The first-order valence-electron chi connectivity index (χ1n) is 6.22. The molecule has 106 valence electrons. The van der Waals surface area contributed by atoms with E-state index in [0.717, 1.165) is 0 Å². The van der Waals surface area contributed by atoms with Crippen molar-refractivity contribution in [3.05, 3.63) is 24.3 Å². The molecule has 0 saturated heterocycles. The zero-order valence-corrected chi connectivity index (χ0v) is 11.9. The average Bonchev–Trinajstić information content (AvgIpc) is 2.35. The van der Waals surface area contributed by atoms with Crippen molar-refractivity contribution in [1.82, 2.24) is 5.32 Å². The van der Waals surface area contributed by atoms with E-state index in [9.17, 15) is 4.79 Å². The number of primary amides is 1. The van der Waals surface area contributed by atoms with E-state index in [1.807, 2.05) is 26.0 Å². The van der Waals surface area contributed by atoms with Crippen molar-refractivity contribution in [2.24, 2.45) is 5.73 Å². The van der Waals surface area contributed by atoms with E-state index in [-0.39, 0.29) is 12.6 Å². The Bertz CT molecular complexity index is 434. The van der Waals surface area contributed by atoms with Gasteiger partial charge in [-0.3, -0.25) is 10.1 Å². The molecule has 5 nitrogen and oxygen atoms in total. The summed E-state index contributed by atoms with van der Waals surface area (Å²) in [5, 5.41) is 3.12. The van der Waals surface area contributed by atoms with Crippen LogP contribution in [-0.2, 0) is 4.79 Å². The molecule has 3 N–H and O–H groups in total. The smallest absolute Gasteiger partial charge is 0.240 e. The Hall–Kier alpha value is -1.75. The third kappa shape index (κ3) is 4.13. The van der Waals surface area contributed by atoms with Crippen molar-refractivity contribution >= 4 is 5.91 Å². The van der Waals surface area contributed by atoms with E-state index in [1.54, 1.807) is 26.2 Å². The highest BCUT2D eigenvalue weighted by molar-refractivity contribution is 5.84. The SMILES string of the molecule is COc1ccccc1OCC(C)(NC(C)C)C(N)=O. The summed E-state index contributed by atoms with van der Waals surface area (Å²) in [5.41, 5.74) is 4.52. The summed E-state index contributed by atoms with van der Waals surface area (Å²) in [5.74, 6) is 0.762. The molecule has 19 heavy (non-hydrogen) atoms. The molecule has 0 fully saturated rings. The lowest BCUT2D eigenvalue weighted by atomic mass is 10.0. The van der Waals surface area contributed by atoms with Crippen LogP contribution in [0.4, 0.5) is 0 Å². The lowest BCUT2D eigenvalue weighted by Gasteiger charge is -2.29. The monoisotopic (exact) mass is 266 g/mol. The third-order valence-electron chi connectivity index (χ3n) is 2.74. The van der Waals surface area contributed by atoms with Crippen LogP contribution in [-0.4, -0.2) is 31.2 Å². The van der Waals surface area contributed by atoms with E-state index in [1.165, 1.54) is 0 Å². The highest BCUT2D eigenvalue weighted by Gasteiger charge is 2.32. The van der Waals surface area contributed by atoms with Crippen LogP contribution in [0.15, 0.2) is 24.3 Å². The number of ether oxygens (including phenoxy) is 2. The highest BCUT2D eigenvalue weighted by Crippen LogP contribution is 2.26. The zero-order valence-electron chi connectivity index (χ0n) is 11.9. The van der Waals surface area contributed by atoms with Gasteiger partial charge in [0.25, 0.3) is 0 Å². The fourth-order valence-electron chi connectivity index (χ4n) is 1.78. The Morgan fingerprint density at radius 3 is 2.42 bits per heavy atom. The lowest BCUT2D eigenvalue weighted by Crippen LogP contribution is -2.59. The minimum Gasteiger partial charge on any atom is -0.493 e. The second-order valence-corrected chi connectivity index (χ2v) is 4.93. The number of rotatable bonds is 7. The van der Waals surface area contributed by atoms with Gasteiger partial charge in [0.05, 0.1) is 7.11 Å². The minimum atomic E-state index is -0.922. The standard InChI is InChI=1S/C14H22N2O3/c1-10(2)16-14(3,13(15)17)9-19-12-8-6-5-7-11(12)18-4/h5-8,10,16H,9H2,1-4H3,(H2,15,17). The Kier molecular flexibility index (Phi) is 5.18. The second-order valence-electron chi connectivity index (χ2n) is 4.93. The molecule has 0 radical (unpaired) electrons. The zero-order chi connectivity index (χ0) is 14.5. The quantitative estimate of drug-likeness (QED) is 0.780. The molecular formula is C14H22N2O3. The molecule has 1 atom stereocenters. The van der Waals surface area contributed by atoms with Gasteiger partial charge in [-0.1, -0.05) is 12.1 Å². The van der Waals surface area contributed by atoms with Gasteiger partial charge < -0.3 is 15.2 Å². The largest absolute Gasteiger partial charge is 0.493 e. The van der Waals surface area contributed by atoms with Gasteiger partial charge in [0.1, 0.15) is 12.1 Å². The fraction of sp³-hybridized carbons (Fsp3) is 0.500. The molecule has 1 aromatic carbocycles. The molecule has 1 aromatic rings.